The Morgan fingerprint density at radius 3 is 2.54 bits per heavy atom. The van der Waals surface area contributed by atoms with Gasteiger partial charge in [-0.25, -0.2) is 9.36 Å². The third kappa shape index (κ3) is 6.88. The summed E-state index contributed by atoms with van der Waals surface area (Å²) in [5.41, 5.74) is 4.69. The van der Waals surface area contributed by atoms with Crippen molar-refractivity contribution in [2.75, 3.05) is 12.3 Å². The Morgan fingerprint density at radius 1 is 1.23 bits per heavy atom. The van der Waals surface area contributed by atoms with Gasteiger partial charge in [0.25, 0.3) is 0 Å². The number of rotatable bonds is 10. The number of aromatic nitrogens is 2. The van der Waals surface area contributed by atoms with Crippen molar-refractivity contribution in [3.05, 3.63) is 53.1 Å². The number of carbonyl (C=O) groups excluding carboxylic acids is 1. The van der Waals surface area contributed by atoms with Gasteiger partial charge in [0.15, 0.2) is 6.23 Å². The topological polar surface area (TPSA) is 184 Å². The van der Waals surface area contributed by atoms with Gasteiger partial charge < -0.3 is 29.9 Å². The number of anilines is 1. The molecule has 0 saturated carbocycles. The normalized spacial score (nSPS) is 24.6. The Balaban J connectivity index is 1.75. The quantitative estimate of drug-likeness (QED) is 0.257. The highest BCUT2D eigenvalue weighted by Gasteiger charge is 2.45. The average molecular weight is 512 g/mol. The van der Waals surface area contributed by atoms with Crippen LogP contribution >= 0.6 is 7.75 Å². The molecule has 0 radical (unpaired) electrons. The number of ether oxygens (including phenoxy) is 2. The molecule has 2 heterocycles. The van der Waals surface area contributed by atoms with Gasteiger partial charge in [-0.2, -0.15) is 10.1 Å². The highest BCUT2D eigenvalue weighted by atomic mass is 31.2. The Labute approximate surface area is 201 Å². The molecule has 1 aromatic heterocycles. The molecule has 1 saturated heterocycles. The van der Waals surface area contributed by atoms with Gasteiger partial charge in [-0.05, 0) is 39.0 Å². The second-order valence-corrected chi connectivity index (χ2v) is 9.82. The molecule has 2 aromatic rings. The van der Waals surface area contributed by atoms with Gasteiger partial charge in [-0.15, -0.1) is 0 Å². The summed E-state index contributed by atoms with van der Waals surface area (Å²) in [4.78, 5) is 27.9. The number of nitrogens with one attached hydrogen (secondary N) is 1. The summed E-state index contributed by atoms with van der Waals surface area (Å²) in [6.45, 7) is 4.25. The molecule has 35 heavy (non-hydrogen) atoms. The fourth-order valence-corrected chi connectivity index (χ4v) is 4.72. The minimum atomic E-state index is -4.22. The van der Waals surface area contributed by atoms with Gasteiger partial charge in [0, 0.05) is 6.20 Å². The minimum absolute atomic E-state index is 0.0191. The summed E-state index contributed by atoms with van der Waals surface area (Å²) in [5.74, 6) is -0.504. The predicted molar refractivity (Wildman–Crippen MR) is 123 cm³/mol. The molecule has 3 rings (SSSR count). The molecular weight excluding hydrogens is 483 g/mol. The first-order valence-electron chi connectivity index (χ1n) is 10.8. The number of aliphatic hydroxyl groups is 2. The lowest BCUT2D eigenvalue weighted by atomic mass is 10.1. The largest absolute Gasteiger partial charge is 0.462 e. The molecule has 0 amide bonds. The molecule has 0 aliphatic carbocycles. The number of hydrogen-bond acceptors (Lipinski definition) is 11. The maximum atomic E-state index is 13.5. The van der Waals surface area contributed by atoms with Crippen LogP contribution in [0.1, 0.15) is 27.0 Å². The zero-order chi connectivity index (χ0) is 25.8. The first kappa shape index (κ1) is 26.8. The van der Waals surface area contributed by atoms with Crippen LogP contribution in [0.15, 0.2) is 47.4 Å². The number of nitrogens with zero attached hydrogens (tertiary/aromatic N) is 2. The van der Waals surface area contributed by atoms with Crippen LogP contribution in [0.4, 0.5) is 5.82 Å². The molecule has 1 fully saturated rings. The van der Waals surface area contributed by atoms with E-state index in [-0.39, 0.29) is 11.6 Å². The van der Waals surface area contributed by atoms with Crippen molar-refractivity contribution >= 4 is 19.5 Å². The van der Waals surface area contributed by atoms with Crippen LogP contribution in [0, 0.1) is 0 Å². The highest BCUT2D eigenvalue weighted by molar-refractivity contribution is 7.52. The average Bonchev–Trinajstić information content (AvgIpc) is 3.06. The molecule has 0 bridgehead atoms. The lowest BCUT2D eigenvalue weighted by Crippen LogP contribution is -2.38. The molecule has 5 N–H and O–H groups in total. The van der Waals surface area contributed by atoms with E-state index >= 15 is 0 Å². The molecule has 1 unspecified atom stereocenters. The lowest BCUT2D eigenvalue weighted by Gasteiger charge is -2.25. The lowest BCUT2D eigenvalue weighted by molar-refractivity contribution is -0.149. The van der Waals surface area contributed by atoms with Gasteiger partial charge in [0.1, 0.15) is 35.9 Å². The number of para-hydroxylation sites is 1. The zero-order valence-corrected chi connectivity index (χ0v) is 20.3. The summed E-state index contributed by atoms with van der Waals surface area (Å²) in [6, 6.07) is 8.37. The highest BCUT2D eigenvalue weighted by Crippen LogP contribution is 2.46. The van der Waals surface area contributed by atoms with Crippen molar-refractivity contribution in [2.24, 2.45) is 0 Å². The maximum absolute atomic E-state index is 13.5. The number of benzene rings is 1. The molecule has 1 aliphatic rings. The van der Waals surface area contributed by atoms with E-state index in [2.05, 4.69) is 10.1 Å². The monoisotopic (exact) mass is 512 g/mol. The molecule has 1 aromatic carbocycles. The summed E-state index contributed by atoms with van der Waals surface area (Å²) in [7, 11) is -4.22. The number of nitrogens with two attached hydrogens (primary N) is 1. The van der Waals surface area contributed by atoms with E-state index in [1.54, 1.807) is 32.0 Å². The van der Waals surface area contributed by atoms with E-state index in [0.29, 0.717) is 0 Å². The number of nitrogen functional groups attached to an aromatic ring is 1. The van der Waals surface area contributed by atoms with E-state index < -0.39 is 62.7 Å². The third-order valence-corrected chi connectivity index (χ3v) is 6.54. The third-order valence-electron chi connectivity index (χ3n) is 4.90. The molecular formula is C21H29N4O9P. The standard InChI is InChI=1S/C21H29N4O9P/c1-12(2)32-20(28)13(3)24-35(30,34-14-7-5-4-6-8-14)31-11-15-17(26)18(27)19(33-15)25-10-9-16(22)23-21(25)29/h4-10,12-13,15,17-19,26-27H,11H2,1-3H3,(H,24,30)(H2,22,23,29)/t13-,15-,17-,18+,19+,35?/m1/s1. The number of esters is 1. The zero-order valence-electron chi connectivity index (χ0n) is 19.4. The number of aliphatic hydroxyl groups excluding tert-OH is 2. The molecule has 1 aliphatic heterocycles. The molecule has 192 valence electrons. The number of carbonyl (C=O) groups is 1. The Morgan fingerprint density at radius 2 is 1.91 bits per heavy atom. The SMILES string of the molecule is CC(C)OC(=O)[C@@H](C)NP(=O)(OC[C@H]1O[C@H](n2ccc(N)nc2=O)[C@@H](O)[C@@H]1O)Oc1ccccc1. The summed E-state index contributed by atoms with van der Waals surface area (Å²) in [6.07, 6.45) is -4.64. The van der Waals surface area contributed by atoms with E-state index in [0.717, 1.165) is 4.57 Å². The van der Waals surface area contributed by atoms with E-state index in [1.807, 2.05) is 0 Å². The second-order valence-electron chi connectivity index (χ2n) is 8.12. The van der Waals surface area contributed by atoms with E-state index in [4.69, 9.17) is 24.3 Å². The van der Waals surface area contributed by atoms with Crippen molar-refractivity contribution in [3.8, 4) is 5.75 Å². The van der Waals surface area contributed by atoms with Crippen molar-refractivity contribution < 1.29 is 38.1 Å². The van der Waals surface area contributed by atoms with Crippen LogP contribution in [0.2, 0.25) is 0 Å². The fourth-order valence-electron chi connectivity index (χ4n) is 3.22. The van der Waals surface area contributed by atoms with Crippen LogP contribution in [-0.4, -0.2) is 62.8 Å². The van der Waals surface area contributed by atoms with Crippen LogP contribution in [0.5, 0.6) is 5.75 Å². The summed E-state index contributed by atoms with van der Waals surface area (Å²) in [5, 5.41) is 23.4. The minimum Gasteiger partial charge on any atom is -0.462 e. The van der Waals surface area contributed by atoms with Gasteiger partial charge in [-0.1, -0.05) is 18.2 Å². The van der Waals surface area contributed by atoms with Gasteiger partial charge in [0.05, 0.1) is 12.7 Å². The maximum Gasteiger partial charge on any atom is 0.459 e. The molecule has 13 nitrogen and oxygen atoms in total. The van der Waals surface area contributed by atoms with Crippen LogP contribution < -0.4 is 21.0 Å². The molecule has 14 heteroatoms. The van der Waals surface area contributed by atoms with Crippen molar-refractivity contribution in [1.82, 2.24) is 14.6 Å². The smallest absolute Gasteiger partial charge is 0.459 e. The Kier molecular flexibility index (Phi) is 8.65. The summed E-state index contributed by atoms with van der Waals surface area (Å²) < 4.78 is 36.2. The van der Waals surface area contributed by atoms with Crippen LogP contribution in [0.25, 0.3) is 0 Å². The van der Waals surface area contributed by atoms with Crippen LogP contribution in [-0.2, 0) is 23.4 Å². The van der Waals surface area contributed by atoms with Crippen molar-refractivity contribution in [1.29, 1.82) is 0 Å². The van der Waals surface area contributed by atoms with Gasteiger partial charge in [-0.3, -0.25) is 13.9 Å². The fraction of sp³-hybridized carbons (Fsp3) is 0.476. The van der Waals surface area contributed by atoms with Gasteiger partial charge >= 0.3 is 19.4 Å². The first-order chi connectivity index (χ1) is 16.5. The molecule has 6 atom stereocenters. The Hall–Kier alpha value is -2.80. The van der Waals surface area contributed by atoms with Crippen LogP contribution in [0.3, 0.4) is 0 Å². The molecule has 0 spiro atoms. The van der Waals surface area contributed by atoms with E-state index in [1.165, 1.54) is 31.3 Å². The summed E-state index contributed by atoms with van der Waals surface area (Å²) >= 11 is 0. The van der Waals surface area contributed by atoms with E-state index in [9.17, 15) is 24.4 Å². The van der Waals surface area contributed by atoms with Gasteiger partial charge in [0.2, 0.25) is 0 Å². The first-order valence-corrected chi connectivity index (χ1v) is 12.4. The van der Waals surface area contributed by atoms with Crippen molar-refractivity contribution in [2.45, 2.75) is 57.5 Å². The predicted octanol–water partition coefficient (Wildman–Crippen LogP) is 0.578. The van der Waals surface area contributed by atoms with Crippen molar-refractivity contribution in [3.63, 3.8) is 0 Å². The number of hydrogen-bond donors (Lipinski definition) is 4. The Bertz CT molecular complexity index is 1110. The second kappa shape index (κ2) is 11.3.